The maximum atomic E-state index is 12.1. The first-order valence-electron chi connectivity index (χ1n) is 7.53. The van der Waals surface area contributed by atoms with Crippen molar-refractivity contribution in [2.75, 3.05) is 32.8 Å². The molecule has 0 aliphatic carbocycles. The van der Waals surface area contributed by atoms with Gasteiger partial charge in [-0.2, -0.15) is 0 Å². The summed E-state index contributed by atoms with van der Waals surface area (Å²) < 4.78 is 0. The van der Waals surface area contributed by atoms with Gasteiger partial charge >= 0.3 is 0 Å². The maximum Gasteiger partial charge on any atom is 0.248 e. The zero-order valence-electron chi connectivity index (χ0n) is 12.4. The monoisotopic (exact) mass is 283 g/mol. The van der Waals surface area contributed by atoms with E-state index in [1.807, 2.05) is 0 Å². The Morgan fingerprint density at radius 2 is 2.25 bits per heavy atom. The summed E-state index contributed by atoms with van der Waals surface area (Å²) in [6.07, 6.45) is 2.13. The minimum absolute atomic E-state index is 0.0347. The van der Waals surface area contributed by atoms with E-state index in [1.54, 1.807) is 0 Å². The number of carbonyl (C=O) groups is 2. The molecule has 2 rings (SSSR count). The topological polar surface area (TPSA) is 61.9 Å². The lowest BCUT2D eigenvalue weighted by Crippen LogP contribution is -2.56. The van der Waals surface area contributed by atoms with Crippen molar-refractivity contribution in [3.63, 3.8) is 0 Å². The third-order valence-corrected chi connectivity index (χ3v) is 3.83. The highest BCUT2D eigenvalue weighted by molar-refractivity contribution is 5.88. The van der Waals surface area contributed by atoms with Gasteiger partial charge in [0.05, 0.1) is 25.6 Å². The highest BCUT2D eigenvalue weighted by atomic mass is 16.7. The van der Waals surface area contributed by atoms with Gasteiger partial charge in [-0.3, -0.25) is 19.3 Å². The molecule has 2 amide bonds. The average molecular weight is 283 g/mol. The van der Waals surface area contributed by atoms with Crippen LogP contribution in [0.15, 0.2) is 0 Å². The van der Waals surface area contributed by atoms with Crippen LogP contribution >= 0.6 is 0 Å². The molecule has 1 atom stereocenters. The molecule has 2 aliphatic heterocycles. The van der Waals surface area contributed by atoms with Crippen molar-refractivity contribution in [2.24, 2.45) is 5.92 Å². The van der Waals surface area contributed by atoms with Crippen molar-refractivity contribution in [1.29, 1.82) is 0 Å². The van der Waals surface area contributed by atoms with Crippen molar-refractivity contribution in [3.05, 3.63) is 0 Å². The molecule has 1 N–H and O–H groups in total. The Labute approximate surface area is 120 Å². The summed E-state index contributed by atoms with van der Waals surface area (Å²) in [5.74, 6) is 0.477. The molecule has 0 aromatic carbocycles. The molecule has 2 fully saturated rings. The zero-order valence-corrected chi connectivity index (χ0v) is 12.4. The third kappa shape index (κ3) is 3.93. The summed E-state index contributed by atoms with van der Waals surface area (Å²) in [5.41, 5.74) is 0. The van der Waals surface area contributed by atoms with Crippen molar-refractivity contribution in [1.82, 2.24) is 15.3 Å². The second-order valence-electron chi connectivity index (χ2n) is 5.91. The Balaban J connectivity index is 1.92. The molecule has 114 valence electrons. The van der Waals surface area contributed by atoms with E-state index >= 15 is 0 Å². The zero-order chi connectivity index (χ0) is 14.5. The number of hydrogen-bond donors (Lipinski definition) is 1. The minimum atomic E-state index is -0.348. The van der Waals surface area contributed by atoms with E-state index in [9.17, 15) is 9.59 Å². The van der Waals surface area contributed by atoms with Crippen LogP contribution in [0.1, 0.15) is 33.1 Å². The molecule has 20 heavy (non-hydrogen) atoms. The number of nitrogens with zero attached hydrogens (tertiary/aromatic N) is 2. The van der Waals surface area contributed by atoms with Crippen LogP contribution in [-0.2, 0) is 14.4 Å². The van der Waals surface area contributed by atoms with Crippen LogP contribution in [0.4, 0.5) is 0 Å². The summed E-state index contributed by atoms with van der Waals surface area (Å²) in [4.78, 5) is 31.6. The van der Waals surface area contributed by atoms with Gasteiger partial charge in [-0.25, -0.2) is 5.06 Å². The van der Waals surface area contributed by atoms with Gasteiger partial charge in [-0.15, -0.1) is 0 Å². The fourth-order valence-corrected chi connectivity index (χ4v) is 2.59. The van der Waals surface area contributed by atoms with Gasteiger partial charge in [0.2, 0.25) is 11.8 Å². The van der Waals surface area contributed by atoms with Crippen molar-refractivity contribution < 1.29 is 14.4 Å². The van der Waals surface area contributed by atoms with Crippen LogP contribution in [-0.4, -0.2) is 60.6 Å². The molecule has 0 saturated carbocycles. The van der Waals surface area contributed by atoms with Crippen LogP contribution < -0.4 is 5.32 Å². The summed E-state index contributed by atoms with van der Waals surface area (Å²) in [7, 11) is 0. The lowest BCUT2D eigenvalue weighted by Gasteiger charge is -2.35. The molecule has 2 aliphatic rings. The van der Waals surface area contributed by atoms with Crippen LogP contribution in [0.3, 0.4) is 0 Å². The number of nitrogens with one attached hydrogen (secondary N) is 1. The minimum Gasteiger partial charge on any atom is -0.353 e. The summed E-state index contributed by atoms with van der Waals surface area (Å²) in [5, 5.41) is 4.26. The van der Waals surface area contributed by atoms with E-state index in [0.717, 1.165) is 25.9 Å². The second-order valence-corrected chi connectivity index (χ2v) is 5.91. The molecule has 6 heteroatoms. The Hall–Kier alpha value is -1.14. The first kappa shape index (κ1) is 15.3. The Morgan fingerprint density at radius 1 is 1.45 bits per heavy atom. The first-order chi connectivity index (χ1) is 9.58. The standard InChI is InChI=1S/C14H25N3O3/c1-11(2)4-7-16-8-5-15-14(19)12(16)10-13(18)17-6-3-9-20-17/h11-12H,3-10H2,1-2H3,(H,15,19). The Morgan fingerprint density at radius 3 is 2.90 bits per heavy atom. The second kappa shape index (κ2) is 7.04. The fourth-order valence-electron chi connectivity index (χ4n) is 2.59. The lowest BCUT2D eigenvalue weighted by atomic mass is 10.1. The Bertz CT molecular complexity index is 354. The lowest BCUT2D eigenvalue weighted by molar-refractivity contribution is -0.171. The number of carbonyl (C=O) groups excluding carboxylic acids is 2. The molecule has 2 saturated heterocycles. The van der Waals surface area contributed by atoms with Crippen molar-refractivity contribution in [3.8, 4) is 0 Å². The predicted octanol–water partition coefficient (Wildman–Crippen LogP) is 0.387. The largest absolute Gasteiger partial charge is 0.353 e. The number of hydroxylamine groups is 2. The van der Waals surface area contributed by atoms with Gasteiger partial charge in [0.1, 0.15) is 0 Å². The molecule has 2 heterocycles. The third-order valence-electron chi connectivity index (χ3n) is 3.83. The van der Waals surface area contributed by atoms with Crippen LogP contribution in [0.5, 0.6) is 0 Å². The van der Waals surface area contributed by atoms with E-state index in [4.69, 9.17) is 4.84 Å². The molecule has 0 aromatic rings. The number of amides is 2. The van der Waals surface area contributed by atoms with Crippen LogP contribution in [0.2, 0.25) is 0 Å². The maximum absolute atomic E-state index is 12.1. The van der Waals surface area contributed by atoms with E-state index in [1.165, 1.54) is 5.06 Å². The first-order valence-corrected chi connectivity index (χ1v) is 7.53. The summed E-state index contributed by atoms with van der Waals surface area (Å²) in [6.45, 7) is 7.92. The molecule has 0 bridgehead atoms. The van der Waals surface area contributed by atoms with Gasteiger partial charge in [-0.05, 0) is 25.3 Å². The average Bonchev–Trinajstić information content (AvgIpc) is 2.93. The predicted molar refractivity (Wildman–Crippen MR) is 74.7 cm³/mol. The van der Waals surface area contributed by atoms with Crippen LogP contribution in [0.25, 0.3) is 0 Å². The molecular formula is C14H25N3O3. The molecule has 0 radical (unpaired) electrons. The van der Waals surface area contributed by atoms with Gasteiger partial charge in [0.25, 0.3) is 0 Å². The molecule has 0 aromatic heterocycles. The molecular weight excluding hydrogens is 258 g/mol. The van der Waals surface area contributed by atoms with Gasteiger partial charge in [0.15, 0.2) is 0 Å². The van der Waals surface area contributed by atoms with Gasteiger partial charge < -0.3 is 5.32 Å². The molecule has 6 nitrogen and oxygen atoms in total. The van der Waals surface area contributed by atoms with E-state index < -0.39 is 0 Å². The van der Waals surface area contributed by atoms with Gasteiger partial charge in [0, 0.05) is 13.1 Å². The number of hydrogen-bond acceptors (Lipinski definition) is 4. The highest BCUT2D eigenvalue weighted by Gasteiger charge is 2.33. The fraction of sp³-hybridized carbons (Fsp3) is 0.857. The van der Waals surface area contributed by atoms with Crippen molar-refractivity contribution >= 4 is 11.8 Å². The smallest absolute Gasteiger partial charge is 0.248 e. The van der Waals surface area contributed by atoms with Gasteiger partial charge in [-0.1, -0.05) is 13.8 Å². The molecule has 0 spiro atoms. The highest BCUT2D eigenvalue weighted by Crippen LogP contribution is 2.15. The number of piperazine rings is 1. The SMILES string of the molecule is CC(C)CCN1CCNC(=O)C1CC(=O)N1CCCO1. The van der Waals surface area contributed by atoms with Crippen molar-refractivity contribution in [2.45, 2.75) is 39.2 Å². The summed E-state index contributed by atoms with van der Waals surface area (Å²) in [6, 6.07) is -0.348. The number of rotatable bonds is 5. The van der Waals surface area contributed by atoms with E-state index in [2.05, 4.69) is 24.1 Å². The normalized spacial score (nSPS) is 24.2. The van der Waals surface area contributed by atoms with E-state index in [0.29, 0.717) is 25.6 Å². The Kier molecular flexibility index (Phi) is 5.37. The molecule has 1 unspecified atom stereocenters. The summed E-state index contributed by atoms with van der Waals surface area (Å²) >= 11 is 0. The van der Waals surface area contributed by atoms with E-state index in [-0.39, 0.29) is 24.3 Å². The van der Waals surface area contributed by atoms with Crippen LogP contribution in [0, 0.1) is 5.92 Å². The quantitative estimate of drug-likeness (QED) is 0.793.